The van der Waals surface area contributed by atoms with Crippen molar-refractivity contribution in [1.29, 1.82) is 0 Å². The zero-order valence-corrected chi connectivity index (χ0v) is 13.0. The van der Waals surface area contributed by atoms with Crippen LogP contribution in [0.25, 0.3) is 0 Å². The fourth-order valence-electron chi connectivity index (χ4n) is 2.16. The minimum atomic E-state index is -4.64. The maximum absolute atomic E-state index is 11.6. The van der Waals surface area contributed by atoms with E-state index in [1.54, 1.807) is 0 Å². The third kappa shape index (κ3) is 5.76. The lowest BCUT2D eigenvalue weighted by molar-refractivity contribution is -0.114. The van der Waals surface area contributed by atoms with Crippen molar-refractivity contribution in [3.05, 3.63) is 18.2 Å². The van der Waals surface area contributed by atoms with Crippen LogP contribution in [0.1, 0.15) is 19.0 Å². The highest BCUT2D eigenvalue weighted by atomic mass is 32.2. The first-order valence-electron chi connectivity index (χ1n) is 6.12. The molecule has 0 saturated carbocycles. The van der Waals surface area contributed by atoms with Crippen molar-refractivity contribution >= 4 is 24.7 Å². The molecule has 2 heterocycles. The van der Waals surface area contributed by atoms with Gasteiger partial charge in [0.2, 0.25) is 0 Å². The van der Waals surface area contributed by atoms with Crippen LogP contribution in [-0.2, 0) is 22.8 Å². The highest BCUT2D eigenvalue weighted by Crippen LogP contribution is 2.35. The van der Waals surface area contributed by atoms with E-state index in [2.05, 4.69) is 11.9 Å². The van der Waals surface area contributed by atoms with Crippen LogP contribution in [0.4, 0.5) is 0 Å². The predicted molar refractivity (Wildman–Crippen MR) is 75.9 cm³/mol. The monoisotopic (exact) mass is 322 g/mol. The first kappa shape index (κ1) is 17.4. The molecular weight excluding hydrogens is 303 g/mol. The molecule has 0 spiro atoms. The summed E-state index contributed by atoms with van der Waals surface area (Å²) in [6.45, 7) is 2.10. The van der Waals surface area contributed by atoms with Gasteiger partial charge in [0.15, 0.2) is 5.12 Å². The van der Waals surface area contributed by atoms with Gasteiger partial charge in [0.05, 0.1) is 6.33 Å². The molecule has 1 saturated heterocycles. The zero-order chi connectivity index (χ0) is 15.3. The van der Waals surface area contributed by atoms with Crippen molar-refractivity contribution in [2.45, 2.75) is 19.8 Å². The third-order valence-corrected chi connectivity index (χ3v) is 4.32. The van der Waals surface area contributed by atoms with Crippen LogP contribution >= 0.6 is 19.6 Å². The molecule has 114 valence electrons. The summed E-state index contributed by atoms with van der Waals surface area (Å²) in [6, 6.07) is 0. The molecule has 3 N–H and O–H groups in total. The van der Waals surface area contributed by atoms with Crippen molar-refractivity contribution in [3.63, 3.8) is 0 Å². The Labute approximate surface area is 121 Å². The van der Waals surface area contributed by atoms with Gasteiger partial charge in [-0.25, -0.2) is 9.55 Å². The molecule has 7 nitrogen and oxygen atoms in total. The number of hydrogen-bond donors (Lipinski definition) is 3. The summed E-state index contributed by atoms with van der Waals surface area (Å²) in [7, 11) is -2.63. The van der Waals surface area contributed by atoms with Gasteiger partial charge in [-0.05, 0) is 18.8 Å². The molecule has 1 aliphatic heterocycles. The normalized spacial score (nSPS) is 22.6. The molecule has 0 unspecified atom stereocenters. The molecule has 2 rings (SSSR count). The Hall–Kier alpha value is -0.660. The zero-order valence-electron chi connectivity index (χ0n) is 11.3. The standard InChI is InChI=1S/C11H16N2OS.H3O4P/c1-3-10-8(6-15-11(10)14)4-9-5-12-7-13(9)2;1-5(2,3)4/h5,7-8,10H,3-4,6H2,1-2H3;(H3,1,2,3,4)/t8-,10-;/m0./s1. The molecule has 0 aliphatic carbocycles. The average molecular weight is 322 g/mol. The SMILES string of the molecule is CC[C@@H]1C(=O)SC[C@@H]1Cc1cncn1C.O=P(O)(O)O. The minimum absolute atomic E-state index is 0.255. The van der Waals surface area contributed by atoms with Gasteiger partial charge in [-0.1, -0.05) is 18.7 Å². The van der Waals surface area contributed by atoms with Crippen molar-refractivity contribution < 1.29 is 24.0 Å². The second-order valence-corrected chi connectivity index (χ2v) is 6.67. The van der Waals surface area contributed by atoms with E-state index in [0.29, 0.717) is 11.0 Å². The topological polar surface area (TPSA) is 113 Å². The van der Waals surface area contributed by atoms with E-state index >= 15 is 0 Å². The lowest BCUT2D eigenvalue weighted by atomic mass is 9.89. The summed E-state index contributed by atoms with van der Waals surface area (Å²) in [5.41, 5.74) is 1.23. The lowest BCUT2D eigenvalue weighted by Crippen LogP contribution is -2.18. The second kappa shape index (κ2) is 7.38. The van der Waals surface area contributed by atoms with Crippen molar-refractivity contribution in [1.82, 2.24) is 9.55 Å². The van der Waals surface area contributed by atoms with E-state index in [4.69, 9.17) is 19.2 Å². The molecule has 0 amide bonds. The number of imidazole rings is 1. The van der Waals surface area contributed by atoms with E-state index in [9.17, 15) is 4.79 Å². The van der Waals surface area contributed by atoms with Crippen LogP contribution in [0.2, 0.25) is 0 Å². The molecule has 20 heavy (non-hydrogen) atoms. The maximum Gasteiger partial charge on any atom is 0.466 e. The Morgan fingerprint density at radius 1 is 1.50 bits per heavy atom. The summed E-state index contributed by atoms with van der Waals surface area (Å²) in [6.07, 6.45) is 5.67. The number of carbonyl (C=O) groups excluding carboxylic acids is 1. The van der Waals surface area contributed by atoms with Crippen LogP contribution in [0.5, 0.6) is 0 Å². The number of aromatic nitrogens is 2. The van der Waals surface area contributed by atoms with Gasteiger partial charge in [0.1, 0.15) is 0 Å². The summed E-state index contributed by atoms with van der Waals surface area (Å²) in [4.78, 5) is 37.2. The van der Waals surface area contributed by atoms with Crippen molar-refractivity contribution in [2.24, 2.45) is 18.9 Å². The van der Waals surface area contributed by atoms with Crippen molar-refractivity contribution in [3.8, 4) is 0 Å². The molecule has 1 aromatic heterocycles. The number of carbonyl (C=O) groups is 1. The first-order valence-corrected chi connectivity index (χ1v) is 8.67. The van der Waals surface area contributed by atoms with E-state index < -0.39 is 7.82 Å². The smallest absolute Gasteiger partial charge is 0.338 e. The molecule has 1 aromatic rings. The van der Waals surface area contributed by atoms with E-state index in [0.717, 1.165) is 18.6 Å². The average Bonchev–Trinajstić information content (AvgIpc) is 2.85. The van der Waals surface area contributed by atoms with Crippen molar-refractivity contribution in [2.75, 3.05) is 5.75 Å². The third-order valence-electron chi connectivity index (χ3n) is 3.14. The van der Waals surface area contributed by atoms with Gasteiger partial charge in [-0.15, -0.1) is 0 Å². The number of thioether (sulfide) groups is 1. The van der Waals surface area contributed by atoms with Gasteiger partial charge >= 0.3 is 7.82 Å². The molecule has 2 atom stereocenters. The Morgan fingerprint density at radius 3 is 2.55 bits per heavy atom. The van der Waals surface area contributed by atoms with Gasteiger partial charge in [0.25, 0.3) is 0 Å². The van der Waals surface area contributed by atoms with E-state index in [-0.39, 0.29) is 5.92 Å². The highest BCUT2D eigenvalue weighted by Gasteiger charge is 2.34. The van der Waals surface area contributed by atoms with Crippen LogP contribution < -0.4 is 0 Å². The maximum atomic E-state index is 11.6. The Kier molecular flexibility index (Phi) is 6.42. The Morgan fingerprint density at radius 2 is 2.10 bits per heavy atom. The van der Waals surface area contributed by atoms with Gasteiger partial charge < -0.3 is 19.2 Å². The summed E-state index contributed by atoms with van der Waals surface area (Å²) >= 11 is 1.50. The van der Waals surface area contributed by atoms with Crippen LogP contribution in [-0.4, -0.2) is 35.1 Å². The van der Waals surface area contributed by atoms with E-state index in [1.807, 2.05) is 24.1 Å². The Balaban J connectivity index is 0.000000347. The fraction of sp³-hybridized carbons (Fsp3) is 0.636. The fourth-order valence-corrected chi connectivity index (χ4v) is 3.46. The summed E-state index contributed by atoms with van der Waals surface area (Å²) in [5.74, 6) is 1.73. The number of nitrogens with zero attached hydrogens (tertiary/aromatic N) is 2. The number of rotatable bonds is 3. The predicted octanol–water partition coefficient (Wildman–Crippen LogP) is 0.950. The molecule has 0 radical (unpaired) electrons. The first-order chi connectivity index (χ1) is 9.22. The summed E-state index contributed by atoms with van der Waals surface area (Å²) < 4.78 is 10.9. The van der Waals surface area contributed by atoms with Gasteiger partial charge in [-0.2, -0.15) is 0 Å². The summed E-state index contributed by atoms with van der Waals surface area (Å²) in [5, 5.41) is 0.379. The largest absolute Gasteiger partial charge is 0.466 e. The van der Waals surface area contributed by atoms with E-state index in [1.165, 1.54) is 17.5 Å². The number of phosphoric acid groups is 1. The van der Waals surface area contributed by atoms with Crippen LogP contribution in [0, 0.1) is 11.8 Å². The molecule has 1 aliphatic rings. The highest BCUT2D eigenvalue weighted by molar-refractivity contribution is 8.14. The number of hydrogen-bond acceptors (Lipinski definition) is 4. The lowest BCUT2D eigenvalue weighted by Gasteiger charge is -2.15. The molecule has 9 heteroatoms. The molecule has 0 bridgehead atoms. The van der Waals surface area contributed by atoms with Crippen LogP contribution in [0.3, 0.4) is 0 Å². The molecular formula is C11H19N2O5PS. The molecule has 1 fully saturated rings. The van der Waals surface area contributed by atoms with Gasteiger partial charge in [-0.3, -0.25) is 4.79 Å². The molecule has 0 aromatic carbocycles. The van der Waals surface area contributed by atoms with Crippen LogP contribution in [0.15, 0.2) is 12.5 Å². The minimum Gasteiger partial charge on any atom is -0.338 e. The van der Waals surface area contributed by atoms with Gasteiger partial charge in [0, 0.05) is 30.6 Å². The quantitative estimate of drug-likeness (QED) is 0.710. The second-order valence-electron chi connectivity index (χ2n) is 4.62. The Bertz CT molecular complexity index is 492. The number of aryl methyl sites for hydroxylation is 1.